The molecule has 0 atom stereocenters. The number of aromatic amines is 1. The summed E-state index contributed by atoms with van der Waals surface area (Å²) >= 11 is 0. The third-order valence-corrected chi connectivity index (χ3v) is 4.32. The van der Waals surface area contributed by atoms with Crippen molar-refractivity contribution in [1.29, 1.82) is 0 Å². The van der Waals surface area contributed by atoms with E-state index in [1.54, 1.807) is 18.3 Å². The Kier molecular flexibility index (Phi) is 4.03. The number of aryl methyl sites for hydroxylation is 1. The maximum absolute atomic E-state index is 13.7. The minimum atomic E-state index is -0.242. The Balaban J connectivity index is 1.56. The molecule has 126 valence electrons. The number of imidazole rings is 1. The van der Waals surface area contributed by atoms with E-state index in [2.05, 4.69) is 26.6 Å². The van der Waals surface area contributed by atoms with E-state index in [1.807, 2.05) is 36.0 Å². The second-order valence-electron chi connectivity index (χ2n) is 5.97. The molecule has 2 aromatic heterocycles. The van der Waals surface area contributed by atoms with Gasteiger partial charge in [0, 0.05) is 30.9 Å². The fourth-order valence-electron chi connectivity index (χ4n) is 3.07. The molecule has 2 N–H and O–H groups in total. The van der Waals surface area contributed by atoms with Crippen LogP contribution in [-0.4, -0.2) is 19.7 Å². The first-order valence-electron chi connectivity index (χ1n) is 8.13. The largest absolute Gasteiger partial charge is 0.308 e. The fraction of sp³-hybridized carbons (Fsp3) is 0.158. The van der Waals surface area contributed by atoms with Gasteiger partial charge in [-0.1, -0.05) is 18.2 Å². The molecule has 0 aliphatic rings. The van der Waals surface area contributed by atoms with Crippen molar-refractivity contribution in [2.24, 2.45) is 0 Å². The molecule has 0 saturated carbocycles. The Labute approximate surface area is 144 Å². The quantitative estimate of drug-likeness (QED) is 0.587. The summed E-state index contributed by atoms with van der Waals surface area (Å²) in [5, 5.41) is 11.6. The third-order valence-electron chi connectivity index (χ3n) is 4.32. The molecule has 0 aliphatic carbocycles. The molecular formula is C19H18FN5. The van der Waals surface area contributed by atoms with Crippen LogP contribution < -0.4 is 5.32 Å². The van der Waals surface area contributed by atoms with E-state index in [9.17, 15) is 4.39 Å². The van der Waals surface area contributed by atoms with E-state index < -0.39 is 0 Å². The van der Waals surface area contributed by atoms with Gasteiger partial charge in [-0.05, 0) is 36.2 Å². The van der Waals surface area contributed by atoms with Crippen molar-refractivity contribution in [2.75, 3.05) is 0 Å². The van der Waals surface area contributed by atoms with Gasteiger partial charge in [0.1, 0.15) is 11.6 Å². The molecule has 4 rings (SSSR count). The van der Waals surface area contributed by atoms with Crippen LogP contribution >= 0.6 is 0 Å². The third kappa shape index (κ3) is 3.04. The first kappa shape index (κ1) is 15.5. The lowest BCUT2D eigenvalue weighted by Crippen LogP contribution is -2.15. The zero-order valence-corrected chi connectivity index (χ0v) is 13.8. The number of nitrogens with zero attached hydrogens (tertiary/aromatic N) is 3. The minimum Gasteiger partial charge on any atom is -0.308 e. The Morgan fingerprint density at radius 2 is 2.04 bits per heavy atom. The number of aromatic nitrogens is 4. The average Bonchev–Trinajstić information content (AvgIpc) is 3.24. The first-order chi connectivity index (χ1) is 12.2. The van der Waals surface area contributed by atoms with Crippen LogP contribution in [-0.2, 0) is 13.1 Å². The second-order valence-corrected chi connectivity index (χ2v) is 5.97. The van der Waals surface area contributed by atoms with Crippen molar-refractivity contribution in [3.8, 4) is 5.69 Å². The van der Waals surface area contributed by atoms with Gasteiger partial charge in [-0.15, -0.1) is 0 Å². The van der Waals surface area contributed by atoms with E-state index in [-0.39, 0.29) is 5.82 Å². The Morgan fingerprint density at radius 1 is 1.16 bits per heavy atom. The highest BCUT2D eigenvalue weighted by molar-refractivity contribution is 5.81. The van der Waals surface area contributed by atoms with E-state index in [1.165, 1.54) is 6.07 Å². The molecule has 0 fully saturated rings. The number of hydrogen-bond donors (Lipinski definition) is 2. The predicted molar refractivity (Wildman–Crippen MR) is 94.9 cm³/mol. The normalized spacial score (nSPS) is 11.3. The predicted octanol–water partition coefficient (Wildman–Crippen LogP) is 3.49. The molecule has 6 heteroatoms. The van der Waals surface area contributed by atoms with Crippen LogP contribution in [0.1, 0.15) is 17.0 Å². The Morgan fingerprint density at radius 3 is 2.88 bits per heavy atom. The molecule has 0 aliphatic heterocycles. The van der Waals surface area contributed by atoms with Gasteiger partial charge in [0.2, 0.25) is 0 Å². The molecule has 0 bridgehead atoms. The summed E-state index contributed by atoms with van der Waals surface area (Å²) in [6.45, 7) is 3.15. The molecule has 0 saturated heterocycles. The first-order valence-corrected chi connectivity index (χ1v) is 8.13. The van der Waals surface area contributed by atoms with Gasteiger partial charge in [0.15, 0.2) is 0 Å². The number of hydrogen-bond acceptors (Lipinski definition) is 3. The molecule has 5 nitrogen and oxygen atoms in total. The van der Waals surface area contributed by atoms with Crippen LogP contribution in [0.15, 0.2) is 55.0 Å². The maximum atomic E-state index is 13.7. The van der Waals surface area contributed by atoms with Crippen LogP contribution in [0.2, 0.25) is 0 Å². The minimum absolute atomic E-state index is 0.242. The number of nitrogens with one attached hydrogen (secondary N) is 2. The summed E-state index contributed by atoms with van der Waals surface area (Å²) in [5.74, 6) is 0.629. The van der Waals surface area contributed by atoms with Crippen LogP contribution in [0.5, 0.6) is 0 Å². The molecule has 4 aromatic rings. The van der Waals surface area contributed by atoms with Gasteiger partial charge in [0.25, 0.3) is 0 Å². The van der Waals surface area contributed by atoms with Crippen LogP contribution in [0.4, 0.5) is 4.39 Å². The van der Waals surface area contributed by atoms with E-state index in [0.717, 1.165) is 33.5 Å². The summed E-state index contributed by atoms with van der Waals surface area (Å²) in [4.78, 5) is 4.25. The number of para-hydroxylation sites is 1. The number of H-pyrrole nitrogens is 1. The van der Waals surface area contributed by atoms with Crippen LogP contribution in [0.3, 0.4) is 0 Å². The topological polar surface area (TPSA) is 58.5 Å². The van der Waals surface area contributed by atoms with Gasteiger partial charge in [0.05, 0.1) is 17.4 Å². The smallest absolute Gasteiger partial charge is 0.123 e. The van der Waals surface area contributed by atoms with E-state index in [0.29, 0.717) is 13.1 Å². The highest BCUT2D eigenvalue weighted by Gasteiger charge is 2.09. The molecular weight excluding hydrogens is 317 g/mol. The zero-order valence-electron chi connectivity index (χ0n) is 13.8. The molecule has 25 heavy (non-hydrogen) atoms. The second kappa shape index (κ2) is 6.49. The number of fused-ring (bicyclic) bond motifs is 1. The summed E-state index contributed by atoms with van der Waals surface area (Å²) in [5.41, 5.74) is 3.98. The van der Waals surface area contributed by atoms with Crippen molar-refractivity contribution in [3.05, 3.63) is 77.8 Å². The van der Waals surface area contributed by atoms with Gasteiger partial charge in [-0.2, -0.15) is 5.10 Å². The summed E-state index contributed by atoms with van der Waals surface area (Å²) < 4.78 is 15.7. The summed E-state index contributed by atoms with van der Waals surface area (Å²) in [7, 11) is 0. The van der Waals surface area contributed by atoms with Crippen molar-refractivity contribution in [3.63, 3.8) is 0 Å². The zero-order chi connectivity index (χ0) is 17.2. The molecule has 2 aromatic carbocycles. The lowest BCUT2D eigenvalue weighted by molar-refractivity contribution is 0.619. The van der Waals surface area contributed by atoms with Gasteiger partial charge < -0.3 is 9.88 Å². The molecule has 0 amide bonds. The molecule has 0 radical (unpaired) electrons. The average molecular weight is 335 g/mol. The van der Waals surface area contributed by atoms with Crippen molar-refractivity contribution < 1.29 is 4.39 Å². The molecule has 0 unspecified atom stereocenters. The lowest BCUT2D eigenvalue weighted by Gasteiger charge is -2.13. The van der Waals surface area contributed by atoms with Crippen LogP contribution in [0, 0.1) is 12.7 Å². The summed E-state index contributed by atoms with van der Waals surface area (Å²) in [6.07, 6.45) is 5.44. The van der Waals surface area contributed by atoms with Gasteiger partial charge in [-0.3, -0.25) is 5.10 Å². The van der Waals surface area contributed by atoms with Crippen molar-refractivity contribution in [2.45, 2.75) is 20.0 Å². The SMILES string of the molecule is Cc1nccn1-c1ccc(F)cc1CNCc1cccc2cn[nH]c12. The maximum Gasteiger partial charge on any atom is 0.123 e. The Hall–Kier alpha value is -2.99. The van der Waals surface area contributed by atoms with Crippen molar-refractivity contribution in [1.82, 2.24) is 25.1 Å². The van der Waals surface area contributed by atoms with Crippen molar-refractivity contribution >= 4 is 10.9 Å². The fourth-order valence-corrected chi connectivity index (χ4v) is 3.07. The van der Waals surface area contributed by atoms with Gasteiger partial charge in [-0.25, -0.2) is 9.37 Å². The summed E-state index contributed by atoms with van der Waals surface area (Å²) in [6, 6.07) is 10.9. The van der Waals surface area contributed by atoms with E-state index in [4.69, 9.17) is 0 Å². The molecule has 0 spiro atoms. The number of halogens is 1. The monoisotopic (exact) mass is 335 g/mol. The lowest BCUT2D eigenvalue weighted by atomic mass is 10.1. The van der Waals surface area contributed by atoms with Crippen LogP contribution in [0.25, 0.3) is 16.6 Å². The highest BCUT2D eigenvalue weighted by Crippen LogP contribution is 2.19. The van der Waals surface area contributed by atoms with E-state index >= 15 is 0 Å². The van der Waals surface area contributed by atoms with Gasteiger partial charge >= 0.3 is 0 Å². The Bertz CT molecular complexity index is 1020. The molecule has 2 heterocycles. The number of benzene rings is 2. The number of rotatable bonds is 5. The standard InChI is InChI=1S/C19H18FN5/c1-13-22-7-8-25(13)18-6-5-17(20)9-16(18)11-21-10-14-3-2-4-15-12-23-24-19(14)15/h2-9,12,21H,10-11H2,1H3,(H,23,24). The highest BCUT2D eigenvalue weighted by atomic mass is 19.1.